The summed E-state index contributed by atoms with van der Waals surface area (Å²) in [5, 5.41) is 8.38. The van der Waals surface area contributed by atoms with E-state index in [0.717, 1.165) is 70.3 Å². The Bertz CT molecular complexity index is 993. The number of carbonyl (C=O) groups is 2. The summed E-state index contributed by atoms with van der Waals surface area (Å²) in [4.78, 5) is 29.7. The van der Waals surface area contributed by atoms with Crippen LogP contribution >= 0.6 is 0 Å². The van der Waals surface area contributed by atoms with Gasteiger partial charge in [-0.3, -0.25) is 4.79 Å². The zero-order valence-corrected chi connectivity index (χ0v) is 27.3. The highest BCUT2D eigenvalue weighted by Gasteiger charge is 2.42. The highest BCUT2D eigenvalue weighted by Crippen LogP contribution is 2.47. The van der Waals surface area contributed by atoms with Crippen molar-refractivity contribution < 1.29 is 19.1 Å². The molecule has 2 amide bonds. The third-order valence-corrected chi connectivity index (χ3v) is 8.58. The second-order valence-electron chi connectivity index (χ2n) is 14.5. The standard InChI is InChI=1S/C32H57N5O4/c1-23(2)14-16-33-29(38)26-20-24(13-15-32(26,6)7)28-25(22-37(34-28)27-12-10-11-19-40-27)21-35(8)17-18-36(9)30(39)41-31(3,4)5/h22-24,26-27H,10-21H2,1-9H3,(H,33,38)/t24?,26-,27?/m1/s1. The Morgan fingerprint density at radius 3 is 2.56 bits per heavy atom. The molecule has 41 heavy (non-hydrogen) atoms. The fourth-order valence-electron chi connectivity index (χ4n) is 5.87. The van der Waals surface area contributed by atoms with Gasteiger partial charge in [-0.25, -0.2) is 9.48 Å². The van der Waals surface area contributed by atoms with E-state index in [1.807, 2.05) is 25.5 Å². The van der Waals surface area contributed by atoms with E-state index in [2.05, 4.69) is 51.2 Å². The fraction of sp³-hybridized carbons (Fsp3) is 0.844. The Kier molecular flexibility index (Phi) is 11.7. The Hall–Kier alpha value is -2.13. The quantitative estimate of drug-likeness (QED) is 0.351. The summed E-state index contributed by atoms with van der Waals surface area (Å²) in [5.41, 5.74) is 1.73. The molecule has 1 aliphatic heterocycles. The summed E-state index contributed by atoms with van der Waals surface area (Å²) in [6.07, 6.45) is 8.83. The minimum Gasteiger partial charge on any atom is -0.444 e. The molecule has 234 valence electrons. The third-order valence-electron chi connectivity index (χ3n) is 8.58. The maximum Gasteiger partial charge on any atom is 0.410 e. The first-order valence-corrected chi connectivity index (χ1v) is 15.8. The van der Waals surface area contributed by atoms with Gasteiger partial charge in [-0.05, 0) is 84.1 Å². The average Bonchev–Trinajstić information content (AvgIpc) is 3.29. The first kappa shape index (κ1) is 33.4. The number of ether oxygens (including phenoxy) is 2. The van der Waals surface area contributed by atoms with E-state index in [1.165, 1.54) is 5.56 Å². The summed E-state index contributed by atoms with van der Waals surface area (Å²) in [6, 6.07) is 0. The molecular weight excluding hydrogens is 518 g/mol. The molecule has 1 saturated carbocycles. The second-order valence-corrected chi connectivity index (χ2v) is 14.5. The summed E-state index contributed by atoms with van der Waals surface area (Å²) in [7, 11) is 3.86. The van der Waals surface area contributed by atoms with Crippen LogP contribution in [-0.4, -0.2) is 77.5 Å². The maximum absolute atomic E-state index is 13.4. The predicted octanol–water partition coefficient (Wildman–Crippen LogP) is 5.95. The van der Waals surface area contributed by atoms with Crippen LogP contribution in [-0.2, 0) is 20.8 Å². The number of hydrogen-bond acceptors (Lipinski definition) is 6. The molecule has 0 spiro atoms. The van der Waals surface area contributed by atoms with Crippen LogP contribution in [0.2, 0.25) is 0 Å². The zero-order valence-electron chi connectivity index (χ0n) is 27.3. The molecule has 2 fully saturated rings. The van der Waals surface area contributed by atoms with Gasteiger partial charge < -0.3 is 24.6 Å². The number of aromatic nitrogens is 2. The molecule has 0 bridgehead atoms. The van der Waals surface area contributed by atoms with Crippen molar-refractivity contribution in [1.82, 2.24) is 24.9 Å². The molecule has 9 heteroatoms. The Morgan fingerprint density at radius 1 is 1.20 bits per heavy atom. The van der Waals surface area contributed by atoms with Crippen LogP contribution in [0.25, 0.3) is 0 Å². The molecule has 3 atom stereocenters. The fourth-order valence-corrected chi connectivity index (χ4v) is 5.87. The summed E-state index contributed by atoms with van der Waals surface area (Å²) in [5.74, 6) is 0.926. The van der Waals surface area contributed by atoms with Crippen LogP contribution in [0.5, 0.6) is 0 Å². The molecule has 0 radical (unpaired) electrons. The van der Waals surface area contributed by atoms with E-state index >= 15 is 0 Å². The van der Waals surface area contributed by atoms with Crippen molar-refractivity contribution in [3.8, 4) is 0 Å². The lowest BCUT2D eigenvalue weighted by Gasteiger charge is -2.41. The Balaban J connectivity index is 1.74. The average molecular weight is 576 g/mol. The minimum absolute atomic E-state index is 0.0324. The number of carbonyl (C=O) groups excluding carboxylic acids is 2. The Labute approximate surface area is 248 Å². The van der Waals surface area contributed by atoms with Crippen molar-refractivity contribution in [1.29, 1.82) is 0 Å². The van der Waals surface area contributed by atoms with Gasteiger partial charge in [0.05, 0.1) is 5.69 Å². The van der Waals surface area contributed by atoms with Gasteiger partial charge in [-0.2, -0.15) is 5.10 Å². The molecule has 1 aromatic rings. The van der Waals surface area contributed by atoms with E-state index in [1.54, 1.807) is 11.9 Å². The molecule has 9 nitrogen and oxygen atoms in total. The summed E-state index contributed by atoms with van der Waals surface area (Å²) < 4.78 is 13.6. The molecular formula is C32H57N5O4. The normalized spacial score (nSPS) is 23.0. The van der Waals surface area contributed by atoms with E-state index < -0.39 is 5.60 Å². The SMILES string of the molecule is CC(C)CCNC(=O)[C@H]1CC(c2nn(C3CCCCO3)cc2CN(C)CCN(C)C(=O)OC(C)(C)C)CCC1(C)C. The molecule has 2 heterocycles. The van der Waals surface area contributed by atoms with Crippen LogP contribution in [0.15, 0.2) is 6.20 Å². The monoisotopic (exact) mass is 575 g/mol. The van der Waals surface area contributed by atoms with E-state index in [9.17, 15) is 9.59 Å². The van der Waals surface area contributed by atoms with Gasteiger partial charge in [0, 0.05) is 63.4 Å². The molecule has 1 aliphatic carbocycles. The van der Waals surface area contributed by atoms with Crippen LogP contribution in [0, 0.1) is 17.3 Å². The molecule has 2 unspecified atom stereocenters. The first-order chi connectivity index (χ1) is 19.2. The number of amides is 2. The van der Waals surface area contributed by atoms with Gasteiger partial charge in [0.25, 0.3) is 0 Å². The van der Waals surface area contributed by atoms with Gasteiger partial charge in [-0.15, -0.1) is 0 Å². The number of likely N-dealkylation sites (N-methyl/N-ethyl adjacent to an activating group) is 2. The lowest BCUT2D eigenvalue weighted by atomic mass is 9.64. The molecule has 2 aliphatic rings. The number of hydrogen-bond donors (Lipinski definition) is 1. The lowest BCUT2D eigenvalue weighted by molar-refractivity contribution is -0.130. The second kappa shape index (κ2) is 14.4. The van der Waals surface area contributed by atoms with Gasteiger partial charge in [0.1, 0.15) is 11.8 Å². The highest BCUT2D eigenvalue weighted by molar-refractivity contribution is 5.79. The van der Waals surface area contributed by atoms with Crippen LogP contribution < -0.4 is 5.32 Å². The summed E-state index contributed by atoms with van der Waals surface area (Å²) in [6.45, 7) is 18.0. The van der Waals surface area contributed by atoms with E-state index in [-0.39, 0.29) is 35.5 Å². The third kappa shape index (κ3) is 9.98. The zero-order chi connectivity index (χ0) is 30.4. The topological polar surface area (TPSA) is 88.9 Å². The Morgan fingerprint density at radius 2 is 1.93 bits per heavy atom. The highest BCUT2D eigenvalue weighted by atomic mass is 16.6. The van der Waals surface area contributed by atoms with Gasteiger partial charge in [-0.1, -0.05) is 27.7 Å². The molecule has 1 aromatic heterocycles. The lowest BCUT2D eigenvalue weighted by Crippen LogP contribution is -2.43. The number of rotatable bonds is 11. The first-order valence-electron chi connectivity index (χ1n) is 15.8. The van der Waals surface area contributed by atoms with Crippen LogP contribution in [0.4, 0.5) is 4.79 Å². The van der Waals surface area contributed by atoms with Crippen molar-refractivity contribution in [2.75, 3.05) is 40.3 Å². The number of nitrogens with zero attached hydrogens (tertiary/aromatic N) is 4. The van der Waals surface area contributed by atoms with Crippen LogP contribution in [0.3, 0.4) is 0 Å². The van der Waals surface area contributed by atoms with E-state index in [0.29, 0.717) is 19.0 Å². The maximum atomic E-state index is 13.4. The molecule has 1 N–H and O–H groups in total. The van der Waals surface area contributed by atoms with Crippen molar-refractivity contribution in [2.24, 2.45) is 17.3 Å². The van der Waals surface area contributed by atoms with Gasteiger partial charge in [0.15, 0.2) is 0 Å². The smallest absolute Gasteiger partial charge is 0.410 e. The van der Waals surface area contributed by atoms with Gasteiger partial charge in [0.2, 0.25) is 5.91 Å². The van der Waals surface area contributed by atoms with Crippen molar-refractivity contribution in [2.45, 2.75) is 118 Å². The largest absolute Gasteiger partial charge is 0.444 e. The molecule has 0 aromatic carbocycles. The molecule has 3 rings (SSSR count). The van der Waals surface area contributed by atoms with Crippen LogP contribution in [0.1, 0.15) is 117 Å². The van der Waals surface area contributed by atoms with E-state index in [4.69, 9.17) is 14.6 Å². The van der Waals surface area contributed by atoms with Gasteiger partial charge >= 0.3 is 6.09 Å². The predicted molar refractivity (Wildman–Crippen MR) is 163 cm³/mol. The number of nitrogens with one attached hydrogen (secondary N) is 1. The summed E-state index contributed by atoms with van der Waals surface area (Å²) >= 11 is 0. The van der Waals surface area contributed by atoms with Crippen molar-refractivity contribution in [3.63, 3.8) is 0 Å². The minimum atomic E-state index is -0.514. The van der Waals surface area contributed by atoms with Crippen molar-refractivity contribution in [3.05, 3.63) is 17.5 Å². The molecule has 1 saturated heterocycles. The van der Waals surface area contributed by atoms with Crippen molar-refractivity contribution >= 4 is 12.0 Å².